The van der Waals surface area contributed by atoms with E-state index in [1.165, 1.54) is 11.1 Å². The van der Waals surface area contributed by atoms with Gasteiger partial charge >= 0.3 is 0 Å². The summed E-state index contributed by atoms with van der Waals surface area (Å²) < 4.78 is 12.5. The Labute approximate surface area is 128 Å². The van der Waals surface area contributed by atoms with Gasteiger partial charge in [0.15, 0.2) is 5.79 Å². The van der Waals surface area contributed by atoms with E-state index in [1.807, 2.05) is 13.8 Å². The van der Waals surface area contributed by atoms with Crippen LogP contribution in [0.1, 0.15) is 60.8 Å². The van der Waals surface area contributed by atoms with Crippen molar-refractivity contribution in [3.63, 3.8) is 0 Å². The minimum absolute atomic E-state index is 0.000833. The first-order valence-electron chi connectivity index (χ1n) is 8.22. The lowest BCUT2D eigenvalue weighted by Crippen LogP contribution is -2.47. The van der Waals surface area contributed by atoms with Gasteiger partial charge in [-0.25, -0.2) is 0 Å². The highest BCUT2D eigenvalue weighted by Crippen LogP contribution is 2.53. The fraction of sp³-hybridized carbons (Fsp3) is 0.833. The van der Waals surface area contributed by atoms with E-state index in [1.54, 1.807) is 0 Å². The summed E-state index contributed by atoms with van der Waals surface area (Å²) in [6, 6.07) is 0. The number of fused-ring (bicyclic) bond motifs is 4. The van der Waals surface area contributed by atoms with Gasteiger partial charge in [-0.05, 0) is 50.5 Å². The topological polar surface area (TPSA) is 35.5 Å². The van der Waals surface area contributed by atoms with Crippen LogP contribution in [0.3, 0.4) is 0 Å². The first-order valence-corrected chi connectivity index (χ1v) is 8.22. The maximum absolute atomic E-state index is 12.7. The predicted molar refractivity (Wildman–Crippen MR) is 81.8 cm³/mol. The van der Waals surface area contributed by atoms with Crippen LogP contribution in [0, 0.1) is 17.3 Å². The van der Waals surface area contributed by atoms with Gasteiger partial charge in [0.05, 0.1) is 6.10 Å². The van der Waals surface area contributed by atoms with Gasteiger partial charge in [-0.1, -0.05) is 26.3 Å². The molecule has 0 amide bonds. The van der Waals surface area contributed by atoms with Crippen LogP contribution in [0.4, 0.5) is 0 Å². The first kappa shape index (κ1) is 15.2. The summed E-state index contributed by atoms with van der Waals surface area (Å²) in [4.78, 5) is 12.7. The first-order chi connectivity index (χ1) is 9.63. The Hall–Kier alpha value is -0.670. The molecule has 1 aliphatic heterocycles. The van der Waals surface area contributed by atoms with Crippen LogP contribution >= 0.6 is 0 Å². The predicted octanol–water partition coefficient (Wildman–Crippen LogP) is 3.87. The lowest BCUT2D eigenvalue weighted by Gasteiger charge is -2.46. The lowest BCUT2D eigenvalue weighted by atomic mass is 9.59. The fourth-order valence-corrected chi connectivity index (χ4v) is 4.77. The molecular formula is C18H28O3. The van der Waals surface area contributed by atoms with Crippen molar-refractivity contribution < 1.29 is 14.3 Å². The third-order valence-electron chi connectivity index (χ3n) is 5.72. The molecule has 3 rings (SSSR count). The van der Waals surface area contributed by atoms with Crippen LogP contribution < -0.4 is 0 Å². The van der Waals surface area contributed by atoms with E-state index in [0.29, 0.717) is 12.2 Å². The molecule has 2 fully saturated rings. The molecule has 3 heteroatoms. The van der Waals surface area contributed by atoms with Gasteiger partial charge in [0.25, 0.3) is 0 Å². The number of hydrogen-bond donors (Lipinski definition) is 0. The van der Waals surface area contributed by atoms with Crippen LogP contribution in [0.2, 0.25) is 0 Å². The minimum Gasteiger partial charge on any atom is -0.344 e. The molecule has 3 aliphatic rings. The zero-order valence-corrected chi connectivity index (χ0v) is 14.2. The molecule has 1 saturated carbocycles. The highest BCUT2D eigenvalue weighted by Gasteiger charge is 2.54. The van der Waals surface area contributed by atoms with Gasteiger partial charge in [0.1, 0.15) is 11.9 Å². The average Bonchev–Trinajstić information content (AvgIpc) is 2.63. The van der Waals surface area contributed by atoms with E-state index in [0.717, 1.165) is 12.8 Å². The van der Waals surface area contributed by atoms with Crippen molar-refractivity contribution in [1.82, 2.24) is 0 Å². The summed E-state index contributed by atoms with van der Waals surface area (Å²) in [5.74, 6) is 0.188. The van der Waals surface area contributed by atoms with E-state index < -0.39 is 5.79 Å². The molecule has 1 saturated heterocycles. The summed E-state index contributed by atoms with van der Waals surface area (Å²) in [5, 5.41) is 0. The van der Waals surface area contributed by atoms with Crippen LogP contribution in [-0.4, -0.2) is 23.8 Å². The molecule has 118 valence electrons. The van der Waals surface area contributed by atoms with E-state index >= 15 is 0 Å². The summed E-state index contributed by atoms with van der Waals surface area (Å²) in [7, 11) is 0. The van der Waals surface area contributed by atoms with Crippen molar-refractivity contribution >= 4 is 5.78 Å². The Kier molecular flexibility index (Phi) is 3.38. The molecule has 0 radical (unpaired) electrons. The van der Waals surface area contributed by atoms with Crippen LogP contribution in [-0.2, 0) is 14.3 Å². The van der Waals surface area contributed by atoms with Crippen molar-refractivity contribution in [2.75, 3.05) is 0 Å². The van der Waals surface area contributed by atoms with Gasteiger partial charge < -0.3 is 9.47 Å². The number of hydrogen-bond acceptors (Lipinski definition) is 3. The summed E-state index contributed by atoms with van der Waals surface area (Å²) in [6.45, 7) is 12.7. The number of ether oxygens (including phenoxy) is 2. The molecule has 3 nitrogen and oxygen atoms in total. The Morgan fingerprint density at radius 3 is 2.48 bits per heavy atom. The monoisotopic (exact) mass is 292 g/mol. The molecule has 0 spiro atoms. The zero-order valence-electron chi connectivity index (χ0n) is 14.2. The second-order valence-corrected chi connectivity index (χ2v) is 8.18. The number of carbonyl (C=O) groups excluding carboxylic acids is 1. The second kappa shape index (κ2) is 4.66. The Bertz CT molecular complexity index is 501. The minimum atomic E-state index is -0.562. The van der Waals surface area contributed by atoms with Crippen molar-refractivity contribution in [3.8, 4) is 0 Å². The van der Waals surface area contributed by atoms with Gasteiger partial charge in [0, 0.05) is 12.3 Å². The Morgan fingerprint density at radius 1 is 1.14 bits per heavy atom. The number of ketones is 1. The van der Waals surface area contributed by atoms with Crippen molar-refractivity contribution in [3.05, 3.63) is 11.1 Å². The summed E-state index contributed by atoms with van der Waals surface area (Å²) in [6.07, 6.45) is 2.60. The van der Waals surface area contributed by atoms with E-state index in [4.69, 9.17) is 9.47 Å². The number of carbonyl (C=O) groups is 1. The molecule has 2 aliphatic carbocycles. The molecule has 0 aromatic carbocycles. The van der Waals surface area contributed by atoms with Crippen molar-refractivity contribution in [2.45, 2.75) is 78.8 Å². The van der Waals surface area contributed by atoms with Crippen LogP contribution in [0.15, 0.2) is 11.1 Å². The van der Waals surface area contributed by atoms with Crippen molar-refractivity contribution in [2.24, 2.45) is 17.3 Å². The van der Waals surface area contributed by atoms with Gasteiger partial charge in [0.2, 0.25) is 0 Å². The SMILES string of the molecule is CC1=C2[C@@H]3OC(C)(C)O[C@@H]3C(C)CC(=O)C(CC1)C2(C)C. The second-order valence-electron chi connectivity index (χ2n) is 8.18. The summed E-state index contributed by atoms with van der Waals surface area (Å²) in [5.41, 5.74) is 2.61. The standard InChI is InChI=1S/C18H28O3/c1-10-7-8-12-13(19)9-11(2)15-16(14(10)17(12,3)4)21-18(5,6)20-15/h11-12,15-16H,7-9H2,1-6H3/t11?,12?,15-,16+/m1/s1. The molecular weight excluding hydrogens is 264 g/mol. The van der Waals surface area contributed by atoms with Gasteiger partial charge in [-0.3, -0.25) is 4.79 Å². The Morgan fingerprint density at radius 2 is 1.81 bits per heavy atom. The van der Waals surface area contributed by atoms with Gasteiger partial charge in [-0.15, -0.1) is 0 Å². The highest BCUT2D eigenvalue weighted by molar-refractivity contribution is 5.83. The summed E-state index contributed by atoms with van der Waals surface area (Å²) >= 11 is 0. The number of allylic oxidation sites excluding steroid dienone is 1. The molecule has 0 aromatic rings. The smallest absolute Gasteiger partial charge is 0.164 e. The van der Waals surface area contributed by atoms with E-state index in [9.17, 15) is 4.79 Å². The average molecular weight is 292 g/mol. The van der Waals surface area contributed by atoms with Gasteiger partial charge in [-0.2, -0.15) is 0 Å². The third kappa shape index (κ3) is 2.29. The molecule has 2 bridgehead atoms. The normalized spacial score (nSPS) is 41.5. The third-order valence-corrected chi connectivity index (χ3v) is 5.72. The molecule has 0 aromatic heterocycles. The molecule has 4 atom stereocenters. The van der Waals surface area contributed by atoms with Crippen molar-refractivity contribution in [1.29, 1.82) is 0 Å². The highest BCUT2D eigenvalue weighted by atomic mass is 16.8. The maximum Gasteiger partial charge on any atom is 0.164 e. The fourth-order valence-electron chi connectivity index (χ4n) is 4.77. The lowest BCUT2D eigenvalue weighted by molar-refractivity contribution is -0.149. The molecule has 1 heterocycles. The maximum atomic E-state index is 12.7. The molecule has 21 heavy (non-hydrogen) atoms. The Balaban J connectivity index is 2.13. The largest absolute Gasteiger partial charge is 0.344 e. The molecule has 2 unspecified atom stereocenters. The number of rotatable bonds is 0. The van der Waals surface area contributed by atoms with Crippen LogP contribution in [0.5, 0.6) is 0 Å². The van der Waals surface area contributed by atoms with Crippen LogP contribution in [0.25, 0.3) is 0 Å². The van der Waals surface area contributed by atoms with E-state index in [2.05, 4.69) is 27.7 Å². The van der Waals surface area contributed by atoms with E-state index in [-0.39, 0.29) is 29.5 Å². The number of Topliss-reactive ketones (excluding diaryl/α,β-unsaturated/α-hetero) is 1. The molecule has 0 N–H and O–H groups in total. The quantitative estimate of drug-likeness (QED) is 0.636. The zero-order chi connectivity index (χ0) is 15.6.